The summed E-state index contributed by atoms with van der Waals surface area (Å²) in [4.78, 5) is 23.8. The van der Waals surface area contributed by atoms with Crippen molar-refractivity contribution in [1.82, 2.24) is 14.8 Å². The van der Waals surface area contributed by atoms with Gasteiger partial charge in [0.05, 0.1) is 5.56 Å². The van der Waals surface area contributed by atoms with Crippen LogP contribution in [-0.2, 0) is 4.74 Å². The number of piperazine rings is 1. The average molecular weight is 504 g/mol. The van der Waals surface area contributed by atoms with Crippen LogP contribution in [0.4, 0.5) is 5.82 Å². The molecule has 7 nitrogen and oxygen atoms in total. The van der Waals surface area contributed by atoms with E-state index in [9.17, 15) is 4.79 Å². The highest BCUT2D eigenvalue weighted by molar-refractivity contribution is 5.92. The van der Waals surface area contributed by atoms with Crippen molar-refractivity contribution < 1.29 is 9.53 Å². The Labute approximate surface area is 221 Å². The zero-order valence-corrected chi connectivity index (χ0v) is 22.3. The number of nitrogens with zero attached hydrogens (tertiary/aromatic N) is 4. The van der Waals surface area contributed by atoms with Crippen LogP contribution in [0.15, 0.2) is 42.6 Å². The number of primary amides is 1. The summed E-state index contributed by atoms with van der Waals surface area (Å²) in [5.74, 6) is 1.05. The fraction of sp³-hybridized carbons (Fsp3) is 0.600. The quantitative estimate of drug-likeness (QED) is 0.646. The molecule has 1 aliphatic carbocycles. The van der Waals surface area contributed by atoms with Gasteiger partial charge in [0.25, 0.3) is 0 Å². The number of pyridine rings is 1. The van der Waals surface area contributed by atoms with Crippen LogP contribution >= 0.6 is 0 Å². The molecular formula is C30H41N5O2. The summed E-state index contributed by atoms with van der Waals surface area (Å²) in [7, 11) is 0. The first-order valence-corrected chi connectivity index (χ1v) is 14.1. The van der Waals surface area contributed by atoms with Gasteiger partial charge in [0, 0.05) is 75.7 Å². The minimum absolute atomic E-state index is 0.411. The summed E-state index contributed by atoms with van der Waals surface area (Å²) in [5, 5.41) is 0. The van der Waals surface area contributed by atoms with E-state index in [1.54, 1.807) is 12.3 Å². The number of hydrogen-bond acceptors (Lipinski definition) is 6. The molecular weight excluding hydrogens is 462 g/mol. The maximum Gasteiger partial charge on any atom is 0.250 e. The van der Waals surface area contributed by atoms with Crippen LogP contribution in [0.2, 0.25) is 0 Å². The Balaban J connectivity index is 1.15. The molecule has 6 rings (SSSR count). The van der Waals surface area contributed by atoms with Gasteiger partial charge in [-0.2, -0.15) is 0 Å². The first-order chi connectivity index (χ1) is 17.9. The van der Waals surface area contributed by atoms with E-state index in [0.717, 1.165) is 64.6 Å². The van der Waals surface area contributed by atoms with Gasteiger partial charge in [-0.1, -0.05) is 38.1 Å². The second-order valence-electron chi connectivity index (χ2n) is 12.1. The van der Waals surface area contributed by atoms with Crippen molar-refractivity contribution in [2.24, 2.45) is 11.1 Å². The molecule has 3 aliphatic heterocycles. The molecule has 198 valence electrons. The topological polar surface area (TPSA) is 74.9 Å². The number of carbonyl (C=O) groups excluding carboxylic acids is 1. The maximum absolute atomic E-state index is 11.4. The second kappa shape index (κ2) is 10.0. The lowest BCUT2D eigenvalue weighted by Crippen LogP contribution is -2.68. The monoisotopic (exact) mass is 503 g/mol. The predicted molar refractivity (Wildman–Crippen MR) is 146 cm³/mol. The van der Waals surface area contributed by atoms with Gasteiger partial charge < -0.3 is 15.4 Å². The molecule has 1 aromatic heterocycles. The van der Waals surface area contributed by atoms with Crippen molar-refractivity contribution in [2.75, 3.05) is 50.8 Å². The van der Waals surface area contributed by atoms with Gasteiger partial charge in [0.15, 0.2) is 0 Å². The smallest absolute Gasteiger partial charge is 0.250 e. The number of hydrogen-bond donors (Lipinski definition) is 1. The Morgan fingerprint density at radius 3 is 2.49 bits per heavy atom. The lowest BCUT2D eigenvalue weighted by molar-refractivity contribution is -0.0767. The first kappa shape index (κ1) is 24.8. The lowest BCUT2D eigenvalue weighted by atomic mass is 9.60. The number of amides is 1. The van der Waals surface area contributed by atoms with Crippen molar-refractivity contribution in [2.45, 2.75) is 63.6 Å². The minimum Gasteiger partial charge on any atom is -0.381 e. The van der Waals surface area contributed by atoms with E-state index in [1.165, 1.54) is 24.0 Å². The zero-order valence-electron chi connectivity index (χ0n) is 22.3. The van der Waals surface area contributed by atoms with Gasteiger partial charge in [-0.3, -0.25) is 14.6 Å². The summed E-state index contributed by atoms with van der Waals surface area (Å²) >= 11 is 0. The Hall–Kier alpha value is -2.48. The molecule has 37 heavy (non-hydrogen) atoms. The van der Waals surface area contributed by atoms with Crippen molar-refractivity contribution in [1.29, 1.82) is 0 Å². The Morgan fingerprint density at radius 2 is 1.81 bits per heavy atom. The Bertz CT molecular complexity index is 1100. The van der Waals surface area contributed by atoms with Crippen LogP contribution in [0.3, 0.4) is 0 Å². The molecule has 2 aromatic rings. The summed E-state index contributed by atoms with van der Waals surface area (Å²) in [6, 6.07) is 14.6. The molecule has 0 bridgehead atoms. The van der Waals surface area contributed by atoms with Crippen molar-refractivity contribution in [3.05, 3.63) is 59.3 Å². The number of aromatic nitrogens is 1. The number of rotatable bonds is 6. The molecule has 1 aromatic carbocycles. The molecule has 3 saturated heterocycles. The van der Waals surface area contributed by atoms with Crippen molar-refractivity contribution >= 4 is 11.7 Å². The number of carbonyl (C=O) groups is 1. The molecule has 1 unspecified atom stereocenters. The fourth-order valence-electron chi connectivity index (χ4n) is 7.33. The fourth-order valence-corrected chi connectivity index (χ4v) is 7.33. The maximum atomic E-state index is 11.4. The highest BCUT2D eigenvalue weighted by atomic mass is 16.5. The molecule has 1 spiro atoms. The van der Waals surface area contributed by atoms with Gasteiger partial charge in [0.1, 0.15) is 5.82 Å². The van der Waals surface area contributed by atoms with Gasteiger partial charge in [-0.05, 0) is 54.9 Å². The second-order valence-corrected chi connectivity index (χ2v) is 12.1. The molecule has 4 heterocycles. The summed E-state index contributed by atoms with van der Waals surface area (Å²) in [6.07, 6.45) is 6.45. The molecule has 4 aliphatic rings. The summed E-state index contributed by atoms with van der Waals surface area (Å²) < 4.78 is 5.67. The van der Waals surface area contributed by atoms with Crippen LogP contribution in [0.25, 0.3) is 0 Å². The van der Waals surface area contributed by atoms with E-state index in [-0.39, 0.29) is 0 Å². The third-order valence-electron chi connectivity index (χ3n) is 9.35. The number of ether oxygens (including phenoxy) is 1. The molecule has 2 N–H and O–H groups in total. The highest BCUT2D eigenvalue weighted by Gasteiger charge is 2.55. The zero-order chi connectivity index (χ0) is 25.6. The van der Waals surface area contributed by atoms with Crippen molar-refractivity contribution in [3.8, 4) is 0 Å². The SMILES string of the molecule is CC(C)c1ccccc1C1CN(C2CCOCC2)CCN1C1CC2(C1)CN(c1ccc(C(N)=O)cn1)C2. The number of anilines is 1. The normalized spacial score (nSPS) is 25.3. The van der Waals surface area contributed by atoms with E-state index in [4.69, 9.17) is 10.5 Å². The Morgan fingerprint density at radius 1 is 1.05 bits per heavy atom. The van der Waals surface area contributed by atoms with Gasteiger partial charge in [-0.25, -0.2) is 4.98 Å². The van der Waals surface area contributed by atoms with E-state index < -0.39 is 5.91 Å². The van der Waals surface area contributed by atoms with Crippen LogP contribution in [0.5, 0.6) is 0 Å². The van der Waals surface area contributed by atoms with E-state index in [0.29, 0.717) is 35.0 Å². The standard InChI is InChI=1S/C30H41N5O2/c1-21(2)25-5-3-4-6-26(25)27-18-33(23-9-13-37-14-10-23)11-12-35(27)24-15-30(16-24)19-34(20-30)28-8-7-22(17-32-28)29(31)36/h3-8,17,21,23-24,27H,9-16,18-20H2,1-2H3,(H2,31,36). The lowest BCUT2D eigenvalue weighted by Gasteiger charge is -2.63. The van der Waals surface area contributed by atoms with E-state index in [2.05, 4.69) is 57.8 Å². The predicted octanol–water partition coefficient (Wildman–Crippen LogP) is 3.81. The van der Waals surface area contributed by atoms with Gasteiger partial charge >= 0.3 is 0 Å². The third-order valence-corrected chi connectivity index (χ3v) is 9.35. The van der Waals surface area contributed by atoms with Crippen LogP contribution < -0.4 is 10.6 Å². The molecule has 1 amide bonds. The minimum atomic E-state index is -0.425. The molecule has 1 atom stereocenters. The van der Waals surface area contributed by atoms with Crippen molar-refractivity contribution in [3.63, 3.8) is 0 Å². The van der Waals surface area contributed by atoms with Crippen LogP contribution in [-0.4, -0.2) is 78.7 Å². The number of nitrogens with two attached hydrogens (primary N) is 1. The number of benzene rings is 1. The van der Waals surface area contributed by atoms with Crippen LogP contribution in [0, 0.1) is 5.41 Å². The Kier molecular flexibility index (Phi) is 6.72. The van der Waals surface area contributed by atoms with E-state index >= 15 is 0 Å². The summed E-state index contributed by atoms with van der Waals surface area (Å²) in [5.41, 5.74) is 9.28. The first-order valence-electron chi connectivity index (χ1n) is 14.1. The average Bonchev–Trinajstić information content (AvgIpc) is 2.88. The molecule has 0 radical (unpaired) electrons. The van der Waals surface area contributed by atoms with Gasteiger partial charge in [0.2, 0.25) is 5.91 Å². The molecule has 7 heteroatoms. The molecule has 4 fully saturated rings. The highest BCUT2D eigenvalue weighted by Crippen LogP contribution is 2.53. The van der Waals surface area contributed by atoms with E-state index in [1.807, 2.05) is 6.07 Å². The van der Waals surface area contributed by atoms with Gasteiger partial charge in [-0.15, -0.1) is 0 Å². The van der Waals surface area contributed by atoms with Crippen LogP contribution in [0.1, 0.15) is 73.0 Å². The molecule has 1 saturated carbocycles. The summed E-state index contributed by atoms with van der Waals surface area (Å²) in [6.45, 7) is 12.0. The largest absolute Gasteiger partial charge is 0.381 e. The third kappa shape index (κ3) is 4.77.